The molecule has 0 aliphatic rings. The van der Waals surface area contributed by atoms with Crippen LogP contribution in [0.4, 0.5) is 0 Å². The van der Waals surface area contributed by atoms with Crippen molar-refractivity contribution in [2.45, 2.75) is 26.3 Å². The molecule has 0 saturated heterocycles. The number of carboxylic acid groups (broad SMARTS) is 1. The molecule has 84 valence electrons. The van der Waals surface area contributed by atoms with Gasteiger partial charge in [0, 0.05) is 0 Å². The standard InChI is InChI=1S/C6H14N2O.C2H5NO2/c1-3-4(2)5(7)6(8)9;3-1-2(4)5/h4-5H,3,7H2,1-2H3,(H2,8,9);1,3H2,(H,4,5). The molecule has 7 N–H and O–H groups in total. The first-order valence-corrected chi connectivity index (χ1v) is 4.33. The summed E-state index contributed by atoms with van der Waals surface area (Å²) in [6.07, 6.45) is 0.893. The summed E-state index contributed by atoms with van der Waals surface area (Å²) in [7, 11) is 0. The Morgan fingerprint density at radius 2 is 1.79 bits per heavy atom. The molecule has 0 aliphatic carbocycles. The molecule has 1 amide bonds. The molecular weight excluding hydrogens is 186 g/mol. The summed E-state index contributed by atoms with van der Waals surface area (Å²) in [5.41, 5.74) is 14.9. The number of nitrogens with two attached hydrogens (primary N) is 3. The highest BCUT2D eigenvalue weighted by atomic mass is 16.4. The van der Waals surface area contributed by atoms with E-state index in [0.717, 1.165) is 6.42 Å². The van der Waals surface area contributed by atoms with E-state index in [1.54, 1.807) is 0 Å². The quantitative estimate of drug-likeness (QED) is 0.461. The highest BCUT2D eigenvalue weighted by Gasteiger charge is 2.15. The fourth-order valence-electron chi connectivity index (χ4n) is 0.534. The van der Waals surface area contributed by atoms with Gasteiger partial charge >= 0.3 is 5.97 Å². The Balaban J connectivity index is 0. The topological polar surface area (TPSA) is 132 Å². The Morgan fingerprint density at radius 3 is 1.86 bits per heavy atom. The van der Waals surface area contributed by atoms with E-state index in [1.165, 1.54) is 0 Å². The van der Waals surface area contributed by atoms with Gasteiger partial charge in [-0.25, -0.2) is 0 Å². The molecule has 0 spiro atoms. The normalized spacial score (nSPS) is 13.4. The maximum atomic E-state index is 10.4. The maximum Gasteiger partial charge on any atom is 0.317 e. The van der Waals surface area contributed by atoms with Crippen LogP contribution in [0.1, 0.15) is 20.3 Å². The summed E-state index contributed by atoms with van der Waals surface area (Å²) < 4.78 is 0. The predicted octanol–water partition coefficient (Wildman–Crippen LogP) is -1.13. The minimum Gasteiger partial charge on any atom is -0.480 e. The molecule has 0 radical (unpaired) electrons. The summed E-state index contributed by atoms with van der Waals surface area (Å²) in [6.45, 7) is 3.61. The van der Waals surface area contributed by atoms with Crippen molar-refractivity contribution >= 4 is 11.9 Å². The largest absolute Gasteiger partial charge is 0.480 e. The van der Waals surface area contributed by atoms with Crippen LogP contribution in [0, 0.1) is 5.92 Å². The third-order valence-corrected chi connectivity index (χ3v) is 1.76. The van der Waals surface area contributed by atoms with Crippen molar-refractivity contribution < 1.29 is 14.7 Å². The van der Waals surface area contributed by atoms with Gasteiger partial charge in [-0.3, -0.25) is 9.59 Å². The fourth-order valence-corrected chi connectivity index (χ4v) is 0.534. The van der Waals surface area contributed by atoms with E-state index in [0.29, 0.717) is 0 Å². The second-order valence-electron chi connectivity index (χ2n) is 2.91. The van der Waals surface area contributed by atoms with E-state index in [9.17, 15) is 9.59 Å². The number of carbonyl (C=O) groups excluding carboxylic acids is 1. The third kappa shape index (κ3) is 8.95. The van der Waals surface area contributed by atoms with Gasteiger partial charge in [-0.05, 0) is 5.92 Å². The first kappa shape index (κ1) is 15.3. The Kier molecular flexibility index (Phi) is 9.27. The second-order valence-corrected chi connectivity index (χ2v) is 2.91. The molecule has 6 nitrogen and oxygen atoms in total. The Labute approximate surface area is 83.4 Å². The highest BCUT2D eigenvalue weighted by Crippen LogP contribution is 2.03. The monoisotopic (exact) mass is 205 g/mol. The minimum absolute atomic E-state index is 0.197. The third-order valence-electron chi connectivity index (χ3n) is 1.76. The summed E-state index contributed by atoms with van der Waals surface area (Å²) in [5.74, 6) is -1.18. The first-order valence-electron chi connectivity index (χ1n) is 4.33. The van der Waals surface area contributed by atoms with Gasteiger partial charge < -0.3 is 22.3 Å². The molecule has 0 saturated carbocycles. The van der Waals surface area contributed by atoms with Gasteiger partial charge in [0.2, 0.25) is 5.91 Å². The Bertz CT molecular complexity index is 185. The lowest BCUT2D eigenvalue weighted by Gasteiger charge is -2.13. The second kappa shape index (κ2) is 8.46. The Morgan fingerprint density at radius 1 is 1.43 bits per heavy atom. The van der Waals surface area contributed by atoms with Crippen molar-refractivity contribution in [2.24, 2.45) is 23.1 Å². The summed E-state index contributed by atoms with van der Waals surface area (Å²) >= 11 is 0. The van der Waals surface area contributed by atoms with E-state index in [4.69, 9.17) is 16.6 Å². The fraction of sp³-hybridized carbons (Fsp3) is 0.750. The van der Waals surface area contributed by atoms with E-state index < -0.39 is 17.9 Å². The number of carboxylic acids is 1. The molecule has 0 aromatic heterocycles. The van der Waals surface area contributed by atoms with Crippen LogP contribution in [-0.4, -0.2) is 29.6 Å². The molecule has 0 fully saturated rings. The van der Waals surface area contributed by atoms with Gasteiger partial charge in [-0.15, -0.1) is 0 Å². The SMILES string of the molecule is CCC(C)C(N)C(N)=O.NCC(=O)O. The van der Waals surface area contributed by atoms with Crippen molar-refractivity contribution in [3.05, 3.63) is 0 Å². The van der Waals surface area contributed by atoms with Crippen molar-refractivity contribution in [1.82, 2.24) is 0 Å². The lowest BCUT2D eigenvalue weighted by atomic mass is 10.00. The van der Waals surface area contributed by atoms with Gasteiger partial charge in [-0.1, -0.05) is 20.3 Å². The molecule has 0 aromatic carbocycles. The van der Waals surface area contributed by atoms with Crippen LogP contribution in [-0.2, 0) is 9.59 Å². The van der Waals surface area contributed by atoms with Crippen molar-refractivity contribution in [3.8, 4) is 0 Å². The molecule has 2 unspecified atom stereocenters. The molecule has 14 heavy (non-hydrogen) atoms. The summed E-state index contributed by atoms with van der Waals surface area (Å²) in [6, 6.07) is -0.477. The van der Waals surface area contributed by atoms with Crippen molar-refractivity contribution in [3.63, 3.8) is 0 Å². The van der Waals surface area contributed by atoms with E-state index >= 15 is 0 Å². The van der Waals surface area contributed by atoms with Crippen LogP contribution in [0.5, 0.6) is 0 Å². The Hall–Kier alpha value is -1.14. The number of amides is 1. The number of hydrogen-bond donors (Lipinski definition) is 4. The number of aliphatic carboxylic acids is 1. The molecule has 0 bridgehead atoms. The number of rotatable bonds is 4. The zero-order chi connectivity index (χ0) is 11.7. The van der Waals surface area contributed by atoms with E-state index in [-0.39, 0.29) is 12.5 Å². The van der Waals surface area contributed by atoms with Gasteiger partial charge in [0.1, 0.15) is 0 Å². The summed E-state index contributed by atoms with van der Waals surface area (Å²) in [4.78, 5) is 19.6. The number of hydrogen-bond acceptors (Lipinski definition) is 4. The molecular formula is C8H19N3O3. The van der Waals surface area contributed by atoms with Gasteiger partial charge in [0.15, 0.2) is 0 Å². The lowest BCUT2D eigenvalue weighted by Crippen LogP contribution is -2.41. The van der Waals surface area contributed by atoms with Gasteiger partial charge in [-0.2, -0.15) is 0 Å². The predicted molar refractivity (Wildman–Crippen MR) is 53.3 cm³/mol. The molecule has 0 aromatic rings. The molecule has 0 rings (SSSR count). The van der Waals surface area contributed by atoms with Crippen LogP contribution in [0.25, 0.3) is 0 Å². The van der Waals surface area contributed by atoms with Gasteiger partial charge in [0.25, 0.3) is 0 Å². The lowest BCUT2D eigenvalue weighted by molar-refractivity contribution is -0.135. The molecule has 2 atom stereocenters. The van der Waals surface area contributed by atoms with Crippen molar-refractivity contribution in [1.29, 1.82) is 0 Å². The van der Waals surface area contributed by atoms with E-state index in [1.807, 2.05) is 13.8 Å². The van der Waals surface area contributed by atoms with Crippen LogP contribution in [0.15, 0.2) is 0 Å². The molecule has 0 aliphatic heterocycles. The minimum atomic E-state index is -0.968. The summed E-state index contributed by atoms with van der Waals surface area (Å²) in [5, 5.41) is 7.60. The van der Waals surface area contributed by atoms with Crippen LogP contribution >= 0.6 is 0 Å². The smallest absolute Gasteiger partial charge is 0.317 e. The highest BCUT2D eigenvalue weighted by molar-refractivity contribution is 5.79. The van der Waals surface area contributed by atoms with E-state index in [2.05, 4.69) is 5.73 Å². The van der Waals surface area contributed by atoms with Crippen molar-refractivity contribution in [2.75, 3.05) is 6.54 Å². The van der Waals surface area contributed by atoms with Gasteiger partial charge in [0.05, 0.1) is 12.6 Å². The first-order chi connectivity index (χ1) is 6.36. The average Bonchev–Trinajstić information content (AvgIpc) is 2.16. The zero-order valence-electron chi connectivity index (χ0n) is 8.56. The molecule has 0 heterocycles. The maximum absolute atomic E-state index is 10.4. The van der Waals surface area contributed by atoms with Crippen LogP contribution < -0.4 is 17.2 Å². The number of carbonyl (C=O) groups is 2. The van der Waals surface area contributed by atoms with Crippen LogP contribution in [0.2, 0.25) is 0 Å². The zero-order valence-corrected chi connectivity index (χ0v) is 8.56. The van der Waals surface area contributed by atoms with Crippen LogP contribution in [0.3, 0.4) is 0 Å². The molecule has 6 heteroatoms. The number of primary amides is 1. The average molecular weight is 205 g/mol.